The van der Waals surface area contributed by atoms with E-state index in [2.05, 4.69) is 23.7 Å². The zero-order valence-electron chi connectivity index (χ0n) is 13.8. The highest BCUT2D eigenvalue weighted by molar-refractivity contribution is 7.13. The number of likely N-dealkylation sites (tertiary alicyclic amines) is 1. The van der Waals surface area contributed by atoms with Crippen LogP contribution in [0.25, 0.3) is 0 Å². The summed E-state index contributed by atoms with van der Waals surface area (Å²) in [7, 11) is 0. The van der Waals surface area contributed by atoms with Crippen LogP contribution < -0.4 is 0 Å². The zero-order valence-corrected chi connectivity index (χ0v) is 14.6. The number of aryl methyl sites for hydroxylation is 1. The topological polar surface area (TPSA) is 53.4 Å². The zero-order chi connectivity index (χ0) is 15.9. The first kappa shape index (κ1) is 17.4. The van der Waals surface area contributed by atoms with Crippen LogP contribution in [-0.2, 0) is 12.8 Å². The van der Waals surface area contributed by atoms with Gasteiger partial charge in [-0.3, -0.25) is 4.90 Å². The van der Waals surface area contributed by atoms with E-state index in [4.69, 9.17) is 0 Å². The van der Waals surface area contributed by atoms with Crippen LogP contribution in [0.5, 0.6) is 0 Å². The third kappa shape index (κ3) is 4.53. The van der Waals surface area contributed by atoms with Gasteiger partial charge >= 0.3 is 5.97 Å². The Morgan fingerprint density at radius 3 is 2.86 bits per heavy atom. The van der Waals surface area contributed by atoms with Crippen molar-refractivity contribution < 1.29 is 9.90 Å². The van der Waals surface area contributed by atoms with Crippen molar-refractivity contribution in [1.29, 1.82) is 0 Å². The molecule has 124 valence electrons. The molecule has 0 bridgehead atoms. The lowest BCUT2D eigenvalue weighted by molar-refractivity contribution is 0.0700. The maximum absolute atomic E-state index is 11.4. The Labute approximate surface area is 137 Å². The summed E-state index contributed by atoms with van der Waals surface area (Å²) in [6.07, 6.45) is 8.89. The monoisotopic (exact) mass is 324 g/mol. The van der Waals surface area contributed by atoms with Crippen molar-refractivity contribution in [3.8, 4) is 0 Å². The van der Waals surface area contributed by atoms with E-state index in [0.717, 1.165) is 42.9 Å². The van der Waals surface area contributed by atoms with E-state index in [1.165, 1.54) is 43.6 Å². The fourth-order valence-electron chi connectivity index (χ4n) is 3.24. The summed E-state index contributed by atoms with van der Waals surface area (Å²) in [5.41, 5.74) is 0.792. The molecule has 2 rings (SSSR count). The second-order valence-corrected chi connectivity index (χ2v) is 7.22. The highest BCUT2D eigenvalue weighted by Crippen LogP contribution is 2.23. The summed E-state index contributed by atoms with van der Waals surface area (Å²) < 4.78 is 0. The molecule has 1 unspecified atom stereocenters. The predicted molar refractivity (Wildman–Crippen MR) is 90.9 cm³/mol. The van der Waals surface area contributed by atoms with Crippen molar-refractivity contribution >= 4 is 17.3 Å². The number of carboxylic acids is 1. The minimum atomic E-state index is -0.820. The number of hydrogen-bond donors (Lipinski definition) is 1. The Morgan fingerprint density at radius 1 is 1.36 bits per heavy atom. The lowest BCUT2D eigenvalue weighted by Gasteiger charge is -2.34. The van der Waals surface area contributed by atoms with Gasteiger partial charge in [0.2, 0.25) is 0 Å². The van der Waals surface area contributed by atoms with Crippen molar-refractivity contribution in [2.24, 2.45) is 0 Å². The molecule has 2 heterocycles. The van der Waals surface area contributed by atoms with E-state index in [9.17, 15) is 9.90 Å². The largest absolute Gasteiger partial charge is 0.477 e. The predicted octanol–water partition coefficient (Wildman–Crippen LogP) is 3.99. The summed E-state index contributed by atoms with van der Waals surface area (Å²) >= 11 is 1.38. The Hall–Kier alpha value is -0.940. The van der Waals surface area contributed by atoms with Gasteiger partial charge in [0.15, 0.2) is 0 Å². The highest BCUT2D eigenvalue weighted by Gasteiger charge is 2.22. The van der Waals surface area contributed by atoms with Crippen LogP contribution in [-0.4, -0.2) is 40.1 Å². The lowest BCUT2D eigenvalue weighted by atomic mass is 10.00. The molecule has 1 aromatic heterocycles. The fourth-order valence-corrected chi connectivity index (χ4v) is 4.18. The van der Waals surface area contributed by atoms with Crippen molar-refractivity contribution in [3.05, 3.63) is 15.6 Å². The molecule has 1 saturated heterocycles. The van der Waals surface area contributed by atoms with Crippen LogP contribution in [0.4, 0.5) is 0 Å². The third-order valence-corrected chi connectivity index (χ3v) is 5.68. The molecule has 1 atom stereocenters. The number of carbonyl (C=O) groups is 1. The lowest BCUT2D eigenvalue weighted by Crippen LogP contribution is -2.40. The van der Waals surface area contributed by atoms with Crippen LogP contribution in [0, 0.1) is 0 Å². The molecule has 0 amide bonds. The summed E-state index contributed by atoms with van der Waals surface area (Å²) in [4.78, 5) is 19.0. The van der Waals surface area contributed by atoms with Crippen LogP contribution in [0.3, 0.4) is 0 Å². The van der Waals surface area contributed by atoms with E-state index in [1.807, 2.05) is 0 Å². The van der Waals surface area contributed by atoms with Crippen molar-refractivity contribution in [2.75, 3.05) is 13.1 Å². The van der Waals surface area contributed by atoms with Gasteiger partial charge in [0.25, 0.3) is 0 Å². The van der Waals surface area contributed by atoms with Crippen molar-refractivity contribution in [1.82, 2.24) is 9.88 Å². The van der Waals surface area contributed by atoms with E-state index >= 15 is 0 Å². The quantitative estimate of drug-likeness (QED) is 0.785. The molecule has 0 aromatic carbocycles. The first-order chi connectivity index (χ1) is 10.7. The van der Waals surface area contributed by atoms with Gasteiger partial charge in [0.05, 0.1) is 10.7 Å². The van der Waals surface area contributed by atoms with Gasteiger partial charge in [-0.1, -0.05) is 26.7 Å². The second kappa shape index (κ2) is 8.63. The molecule has 1 aliphatic rings. The summed E-state index contributed by atoms with van der Waals surface area (Å²) in [5, 5.41) is 10.3. The van der Waals surface area contributed by atoms with Gasteiger partial charge in [0.1, 0.15) is 4.88 Å². The third-order valence-electron chi connectivity index (χ3n) is 4.54. The molecule has 0 saturated carbocycles. The molecule has 5 heteroatoms. The van der Waals surface area contributed by atoms with Crippen LogP contribution >= 0.6 is 11.3 Å². The first-order valence-corrected chi connectivity index (χ1v) is 9.43. The average Bonchev–Trinajstić information content (AvgIpc) is 2.94. The van der Waals surface area contributed by atoms with E-state index in [0.29, 0.717) is 10.9 Å². The van der Waals surface area contributed by atoms with Gasteiger partial charge < -0.3 is 5.11 Å². The molecule has 0 spiro atoms. The van der Waals surface area contributed by atoms with Gasteiger partial charge in [-0.25, -0.2) is 9.78 Å². The molecular weight excluding hydrogens is 296 g/mol. The number of nitrogens with zero attached hydrogens (tertiary/aromatic N) is 2. The first-order valence-electron chi connectivity index (χ1n) is 8.61. The van der Waals surface area contributed by atoms with Gasteiger partial charge in [0, 0.05) is 19.0 Å². The molecule has 1 aromatic rings. The summed E-state index contributed by atoms with van der Waals surface area (Å²) in [6.45, 7) is 6.57. The summed E-state index contributed by atoms with van der Waals surface area (Å²) in [5.74, 6) is -0.820. The standard InChI is InChI=1S/C17H28N2O2S/c1-3-5-9-14-16(17(20)21)22-15(18-14)10-12-19-11-7-6-8-13(19)4-2/h13H,3-12H2,1-2H3,(H,20,21). The minimum absolute atomic E-state index is 0.453. The van der Waals surface area contributed by atoms with Gasteiger partial charge in [-0.05, 0) is 38.6 Å². The molecule has 0 aliphatic carbocycles. The van der Waals surface area contributed by atoms with E-state index in [1.54, 1.807) is 0 Å². The highest BCUT2D eigenvalue weighted by atomic mass is 32.1. The Kier molecular flexibility index (Phi) is 6.83. The number of carboxylic acid groups (broad SMARTS) is 1. The molecule has 0 radical (unpaired) electrons. The molecule has 1 aliphatic heterocycles. The maximum atomic E-state index is 11.4. The number of thiazole rings is 1. The van der Waals surface area contributed by atoms with Gasteiger partial charge in [-0.15, -0.1) is 11.3 Å². The Morgan fingerprint density at radius 2 is 2.18 bits per heavy atom. The summed E-state index contributed by atoms with van der Waals surface area (Å²) in [6, 6.07) is 0.701. The van der Waals surface area contributed by atoms with Crippen molar-refractivity contribution in [3.63, 3.8) is 0 Å². The number of aromatic nitrogens is 1. The smallest absolute Gasteiger partial charge is 0.347 e. The SMILES string of the molecule is CCCCc1nc(CCN2CCCCC2CC)sc1C(=O)O. The molecule has 22 heavy (non-hydrogen) atoms. The van der Waals surface area contributed by atoms with Crippen LogP contribution in [0.1, 0.15) is 72.7 Å². The van der Waals surface area contributed by atoms with Crippen LogP contribution in [0.2, 0.25) is 0 Å². The van der Waals surface area contributed by atoms with Crippen LogP contribution in [0.15, 0.2) is 0 Å². The number of rotatable bonds is 8. The van der Waals surface area contributed by atoms with E-state index < -0.39 is 5.97 Å². The maximum Gasteiger partial charge on any atom is 0.347 e. The van der Waals surface area contributed by atoms with Gasteiger partial charge in [-0.2, -0.15) is 0 Å². The number of unbranched alkanes of at least 4 members (excludes halogenated alkanes) is 1. The molecule has 1 fully saturated rings. The number of aromatic carboxylic acids is 1. The number of piperidine rings is 1. The Balaban J connectivity index is 1.98. The van der Waals surface area contributed by atoms with Crippen molar-refractivity contribution in [2.45, 2.75) is 71.3 Å². The fraction of sp³-hybridized carbons (Fsp3) is 0.765. The number of hydrogen-bond acceptors (Lipinski definition) is 4. The van der Waals surface area contributed by atoms with E-state index in [-0.39, 0.29) is 0 Å². The normalized spacial score (nSPS) is 19.5. The second-order valence-electron chi connectivity index (χ2n) is 6.14. The molecular formula is C17H28N2O2S. The Bertz CT molecular complexity index is 487. The minimum Gasteiger partial charge on any atom is -0.477 e. The molecule has 4 nitrogen and oxygen atoms in total. The molecule has 1 N–H and O–H groups in total. The average molecular weight is 324 g/mol.